The molecule has 0 bridgehead atoms. The van der Waals surface area contributed by atoms with Crippen LogP contribution in [0.15, 0.2) is 10.7 Å². The van der Waals surface area contributed by atoms with Gasteiger partial charge in [-0.1, -0.05) is 5.16 Å². The van der Waals surface area contributed by atoms with Crippen molar-refractivity contribution in [3.8, 4) is 0 Å². The maximum absolute atomic E-state index is 11.3. The van der Waals surface area contributed by atoms with Crippen LogP contribution in [0, 0.1) is 0 Å². The van der Waals surface area contributed by atoms with Gasteiger partial charge >= 0.3 is 0 Å². The molecule has 0 saturated carbocycles. The standard InChI is InChI=1S/C10H16N2O3S/c11-4-1-9-7-12-15-10(9)8-2-5-16(13,14)6-3-8/h7-8H,1-6,11H2. The van der Waals surface area contributed by atoms with Crippen molar-refractivity contribution in [2.45, 2.75) is 25.2 Å². The van der Waals surface area contributed by atoms with Crippen molar-refractivity contribution < 1.29 is 12.9 Å². The van der Waals surface area contributed by atoms with Crippen LogP contribution in [-0.4, -0.2) is 31.6 Å². The summed E-state index contributed by atoms with van der Waals surface area (Å²) in [6.07, 6.45) is 3.69. The van der Waals surface area contributed by atoms with Crippen molar-refractivity contribution in [3.05, 3.63) is 17.5 Å². The van der Waals surface area contributed by atoms with Gasteiger partial charge in [0.25, 0.3) is 0 Å². The van der Waals surface area contributed by atoms with Crippen LogP contribution in [0.25, 0.3) is 0 Å². The Morgan fingerprint density at radius 1 is 1.44 bits per heavy atom. The summed E-state index contributed by atoms with van der Waals surface area (Å²) in [5.41, 5.74) is 6.52. The van der Waals surface area contributed by atoms with E-state index in [0.29, 0.717) is 19.4 Å². The third-order valence-electron chi connectivity index (χ3n) is 3.02. The lowest BCUT2D eigenvalue weighted by atomic mass is 9.96. The zero-order valence-corrected chi connectivity index (χ0v) is 9.87. The summed E-state index contributed by atoms with van der Waals surface area (Å²) in [5, 5.41) is 3.77. The van der Waals surface area contributed by atoms with Gasteiger partial charge in [0.2, 0.25) is 0 Å². The Labute approximate surface area is 94.9 Å². The zero-order valence-electron chi connectivity index (χ0n) is 9.05. The third kappa shape index (κ3) is 2.44. The van der Waals surface area contributed by atoms with E-state index in [-0.39, 0.29) is 17.4 Å². The summed E-state index contributed by atoms with van der Waals surface area (Å²) < 4.78 is 27.8. The topological polar surface area (TPSA) is 86.2 Å². The molecule has 0 unspecified atom stereocenters. The average molecular weight is 244 g/mol. The molecule has 1 aliphatic heterocycles. The van der Waals surface area contributed by atoms with Crippen molar-refractivity contribution in [1.29, 1.82) is 0 Å². The first kappa shape index (κ1) is 11.6. The summed E-state index contributed by atoms with van der Waals surface area (Å²) in [5.74, 6) is 1.52. The molecule has 0 aromatic carbocycles. The summed E-state index contributed by atoms with van der Waals surface area (Å²) >= 11 is 0. The van der Waals surface area contributed by atoms with Gasteiger partial charge in [-0.15, -0.1) is 0 Å². The number of nitrogens with zero attached hydrogens (tertiary/aromatic N) is 1. The first-order chi connectivity index (χ1) is 7.62. The second-order valence-electron chi connectivity index (χ2n) is 4.18. The molecule has 0 aliphatic carbocycles. The second kappa shape index (κ2) is 4.55. The van der Waals surface area contributed by atoms with Gasteiger partial charge in [-0.3, -0.25) is 0 Å². The number of aromatic nitrogens is 1. The van der Waals surface area contributed by atoms with Gasteiger partial charge < -0.3 is 10.3 Å². The lowest BCUT2D eigenvalue weighted by Gasteiger charge is -2.20. The molecule has 16 heavy (non-hydrogen) atoms. The zero-order chi connectivity index (χ0) is 11.6. The van der Waals surface area contributed by atoms with Gasteiger partial charge in [-0.05, 0) is 25.8 Å². The number of rotatable bonds is 3. The molecule has 2 rings (SSSR count). The Bertz CT molecular complexity index is 438. The average Bonchev–Trinajstić information content (AvgIpc) is 2.67. The van der Waals surface area contributed by atoms with Crippen molar-refractivity contribution in [2.24, 2.45) is 5.73 Å². The van der Waals surface area contributed by atoms with E-state index in [1.807, 2.05) is 0 Å². The van der Waals surface area contributed by atoms with E-state index in [9.17, 15) is 8.42 Å². The van der Waals surface area contributed by atoms with Gasteiger partial charge in [-0.2, -0.15) is 0 Å². The normalized spacial score (nSPS) is 21.1. The van der Waals surface area contributed by atoms with E-state index >= 15 is 0 Å². The fraction of sp³-hybridized carbons (Fsp3) is 0.700. The van der Waals surface area contributed by atoms with Crippen LogP contribution in [0.1, 0.15) is 30.1 Å². The van der Waals surface area contributed by atoms with Crippen molar-refractivity contribution >= 4 is 9.84 Å². The van der Waals surface area contributed by atoms with E-state index < -0.39 is 9.84 Å². The molecular weight excluding hydrogens is 228 g/mol. The maximum Gasteiger partial charge on any atom is 0.150 e. The van der Waals surface area contributed by atoms with Gasteiger partial charge in [-0.25, -0.2) is 8.42 Å². The minimum absolute atomic E-state index is 0.188. The maximum atomic E-state index is 11.3. The Kier molecular flexibility index (Phi) is 3.30. The summed E-state index contributed by atoms with van der Waals surface area (Å²) in [7, 11) is -2.82. The molecule has 5 nitrogen and oxygen atoms in total. The Morgan fingerprint density at radius 2 is 2.12 bits per heavy atom. The molecule has 2 N–H and O–H groups in total. The monoisotopic (exact) mass is 244 g/mol. The third-order valence-corrected chi connectivity index (χ3v) is 4.73. The Hall–Kier alpha value is -0.880. The van der Waals surface area contributed by atoms with E-state index in [2.05, 4.69) is 5.16 Å². The van der Waals surface area contributed by atoms with E-state index in [0.717, 1.165) is 17.7 Å². The highest BCUT2D eigenvalue weighted by atomic mass is 32.2. The fourth-order valence-corrected chi connectivity index (χ4v) is 3.59. The quantitative estimate of drug-likeness (QED) is 0.835. The Balaban J connectivity index is 2.11. The number of sulfone groups is 1. The molecule has 0 radical (unpaired) electrons. The molecule has 2 heterocycles. The van der Waals surface area contributed by atoms with Crippen molar-refractivity contribution in [1.82, 2.24) is 5.16 Å². The van der Waals surface area contributed by atoms with Crippen LogP contribution in [0.4, 0.5) is 0 Å². The highest BCUT2D eigenvalue weighted by Crippen LogP contribution is 2.31. The molecule has 1 aromatic rings. The first-order valence-electron chi connectivity index (χ1n) is 5.46. The molecule has 90 valence electrons. The van der Waals surface area contributed by atoms with Crippen LogP contribution >= 0.6 is 0 Å². The van der Waals surface area contributed by atoms with Crippen molar-refractivity contribution in [3.63, 3.8) is 0 Å². The predicted molar refractivity (Wildman–Crippen MR) is 59.9 cm³/mol. The first-order valence-corrected chi connectivity index (χ1v) is 7.28. The van der Waals surface area contributed by atoms with E-state index in [4.69, 9.17) is 10.3 Å². The lowest BCUT2D eigenvalue weighted by Crippen LogP contribution is -2.22. The second-order valence-corrected chi connectivity index (χ2v) is 6.48. The molecule has 1 aromatic heterocycles. The molecule has 1 fully saturated rings. The molecular formula is C10H16N2O3S. The highest BCUT2D eigenvalue weighted by molar-refractivity contribution is 7.91. The van der Waals surface area contributed by atoms with Crippen LogP contribution in [-0.2, 0) is 16.3 Å². The number of hydrogen-bond donors (Lipinski definition) is 1. The molecule has 6 heteroatoms. The predicted octanol–water partition coefficient (Wildman–Crippen LogP) is 0.468. The highest BCUT2D eigenvalue weighted by Gasteiger charge is 2.28. The molecule has 0 spiro atoms. The van der Waals surface area contributed by atoms with Gasteiger partial charge in [0, 0.05) is 11.5 Å². The minimum atomic E-state index is -2.82. The lowest BCUT2D eigenvalue weighted by molar-refractivity contribution is 0.348. The van der Waals surface area contributed by atoms with Crippen LogP contribution in [0.2, 0.25) is 0 Å². The van der Waals surface area contributed by atoms with Crippen LogP contribution < -0.4 is 5.73 Å². The molecule has 1 saturated heterocycles. The van der Waals surface area contributed by atoms with E-state index in [1.165, 1.54) is 0 Å². The minimum Gasteiger partial charge on any atom is -0.361 e. The number of nitrogens with two attached hydrogens (primary N) is 1. The van der Waals surface area contributed by atoms with Crippen LogP contribution in [0.3, 0.4) is 0 Å². The largest absolute Gasteiger partial charge is 0.361 e. The van der Waals surface area contributed by atoms with E-state index in [1.54, 1.807) is 6.20 Å². The molecule has 1 aliphatic rings. The van der Waals surface area contributed by atoms with Gasteiger partial charge in [0.15, 0.2) is 0 Å². The SMILES string of the molecule is NCCc1cnoc1C1CCS(=O)(=O)CC1. The smallest absolute Gasteiger partial charge is 0.150 e. The van der Waals surface area contributed by atoms with Crippen molar-refractivity contribution in [2.75, 3.05) is 18.1 Å². The summed E-state index contributed by atoms with van der Waals surface area (Å²) in [4.78, 5) is 0. The van der Waals surface area contributed by atoms with Crippen LogP contribution in [0.5, 0.6) is 0 Å². The molecule has 0 atom stereocenters. The fourth-order valence-electron chi connectivity index (χ4n) is 2.10. The summed E-state index contributed by atoms with van der Waals surface area (Å²) in [6, 6.07) is 0. The number of hydrogen-bond acceptors (Lipinski definition) is 5. The summed E-state index contributed by atoms with van der Waals surface area (Å²) in [6.45, 7) is 0.555. The molecule has 0 amide bonds. The van der Waals surface area contributed by atoms with Gasteiger partial charge in [0.05, 0.1) is 17.7 Å². The van der Waals surface area contributed by atoms with Gasteiger partial charge in [0.1, 0.15) is 15.6 Å². The Morgan fingerprint density at radius 3 is 2.75 bits per heavy atom.